The summed E-state index contributed by atoms with van der Waals surface area (Å²) in [6.07, 6.45) is 3.19. The molecule has 2 unspecified atom stereocenters. The van der Waals surface area contributed by atoms with Crippen LogP contribution in [0.15, 0.2) is 12.2 Å². The Balaban J connectivity index is 0.950. The van der Waals surface area contributed by atoms with Crippen LogP contribution in [0.25, 0.3) is 0 Å². The highest BCUT2D eigenvalue weighted by atomic mass is 16.8. The Bertz CT molecular complexity index is 1480. The lowest BCUT2D eigenvalue weighted by Crippen LogP contribution is -2.40. The Kier molecular flexibility index (Phi) is 23.5. The molecule has 0 radical (unpaired) electrons. The summed E-state index contributed by atoms with van der Waals surface area (Å²) in [6.45, 7) is 4.87. The molecule has 0 aromatic rings. The molecule has 4 heterocycles. The molecule has 4 aliphatic rings. The van der Waals surface area contributed by atoms with Gasteiger partial charge in [0.1, 0.15) is 6.10 Å². The highest BCUT2D eigenvalue weighted by Gasteiger charge is 2.51. The molecule has 6 amide bonds. The van der Waals surface area contributed by atoms with Crippen molar-refractivity contribution in [2.24, 2.45) is 0 Å². The SMILES string of the molecule is O=C(CCOCCOCCOCCOCCN(CCOCCOCCOCCOCCC(=O)ON1C(=O)CCC2OC21)C(=O)CCCN1C(=O)C=CC1=O)ON1C(=O)CCC1=O. The summed E-state index contributed by atoms with van der Waals surface area (Å²) >= 11 is 0. The third-order valence-electron chi connectivity index (χ3n) is 9.24. The van der Waals surface area contributed by atoms with Gasteiger partial charge in [0.15, 0.2) is 6.23 Å². The Hall–Kier alpha value is -4.46. The van der Waals surface area contributed by atoms with Crippen LogP contribution in [-0.2, 0) is 90.7 Å². The highest BCUT2D eigenvalue weighted by molar-refractivity contribution is 6.12. The van der Waals surface area contributed by atoms with Crippen molar-refractivity contribution >= 4 is 47.4 Å². The Morgan fingerprint density at radius 1 is 0.548 bits per heavy atom. The summed E-state index contributed by atoms with van der Waals surface area (Å²) < 4.78 is 49.2. The van der Waals surface area contributed by atoms with Gasteiger partial charge in [-0.15, -0.1) is 10.1 Å². The lowest BCUT2D eigenvalue weighted by Gasteiger charge is -2.23. The first-order valence-corrected chi connectivity index (χ1v) is 20.8. The fourth-order valence-electron chi connectivity index (χ4n) is 5.88. The Morgan fingerprint density at radius 3 is 1.47 bits per heavy atom. The number of imide groups is 2. The molecule has 0 aliphatic carbocycles. The van der Waals surface area contributed by atoms with Gasteiger partial charge < -0.3 is 57.2 Å². The number of carbonyl (C=O) groups is 8. The van der Waals surface area contributed by atoms with Crippen LogP contribution in [0.4, 0.5) is 0 Å². The van der Waals surface area contributed by atoms with E-state index in [-0.39, 0.29) is 123 Å². The van der Waals surface area contributed by atoms with Crippen molar-refractivity contribution in [3.8, 4) is 0 Å². The average molecular weight is 887 g/mol. The van der Waals surface area contributed by atoms with E-state index in [0.717, 1.165) is 9.96 Å². The van der Waals surface area contributed by atoms with Gasteiger partial charge in [0, 0.05) is 57.5 Å². The van der Waals surface area contributed by atoms with Crippen LogP contribution < -0.4 is 0 Å². The van der Waals surface area contributed by atoms with Gasteiger partial charge >= 0.3 is 11.9 Å². The average Bonchev–Trinajstić information content (AvgIpc) is 3.90. The summed E-state index contributed by atoms with van der Waals surface area (Å²) in [6, 6.07) is 0. The van der Waals surface area contributed by atoms with Gasteiger partial charge in [-0.05, 0) is 12.8 Å². The van der Waals surface area contributed by atoms with Crippen LogP contribution in [0.3, 0.4) is 0 Å². The van der Waals surface area contributed by atoms with Gasteiger partial charge in [0.05, 0.1) is 119 Å². The Morgan fingerprint density at radius 2 is 0.984 bits per heavy atom. The molecular formula is C39H58N4O19. The highest BCUT2D eigenvalue weighted by Crippen LogP contribution is 2.35. The van der Waals surface area contributed by atoms with Gasteiger partial charge in [0.2, 0.25) is 5.91 Å². The molecule has 23 nitrogen and oxygen atoms in total. The van der Waals surface area contributed by atoms with E-state index in [1.807, 2.05) is 0 Å². The molecule has 348 valence electrons. The van der Waals surface area contributed by atoms with Gasteiger partial charge in [-0.2, -0.15) is 0 Å². The number of hydrogen-bond acceptors (Lipinski definition) is 19. The molecule has 0 bridgehead atoms. The van der Waals surface area contributed by atoms with Gasteiger partial charge in [-0.25, -0.2) is 9.59 Å². The van der Waals surface area contributed by atoms with Crippen molar-refractivity contribution in [2.45, 2.75) is 63.7 Å². The number of fused-ring (bicyclic) bond motifs is 1. The number of hydrogen-bond donors (Lipinski definition) is 0. The minimum Gasteiger partial charge on any atom is -0.378 e. The maximum absolute atomic E-state index is 13.1. The number of hydroxylamine groups is 4. The van der Waals surface area contributed by atoms with E-state index in [1.165, 1.54) is 12.2 Å². The monoisotopic (exact) mass is 886 g/mol. The number of piperidine rings is 1. The van der Waals surface area contributed by atoms with Crippen LogP contribution in [-0.4, -0.2) is 205 Å². The maximum Gasteiger partial charge on any atom is 0.335 e. The van der Waals surface area contributed by atoms with E-state index in [2.05, 4.69) is 0 Å². The predicted molar refractivity (Wildman–Crippen MR) is 205 cm³/mol. The van der Waals surface area contributed by atoms with Crippen molar-refractivity contribution in [1.82, 2.24) is 19.9 Å². The maximum atomic E-state index is 13.1. The summed E-state index contributed by atoms with van der Waals surface area (Å²) in [5.41, 5.74) is 0. The van der Waals surface area contributed by atoms with Gasteiger partial charge in [-0.3, -0.25) is 33.7 Å². The summed E-state index contributed by atoms with van der Waals surface area (Å²) in [5.74, 6) is -3.62. The lowest BCUT2D eigenvalue weighted by atomic mass is 10.1. The van der Waals surface area contributed by atoms with E-state index in [4.69, 9.17) is 52.3 Å². The van der Waals surface area contributed by atoms with Gasteiger partial charge in [0.25, 0.3) is 29.5 Å². The van der Waals surface area contributed by atoms with E-state index in [9.17, 15) is 38.4 Å². The second kappa shape index (κ2) is 29.0. The van der Waals surface area contributed by atoms with Crippen molar-refractivity contribution in [2.75, 3.05) is 125 Å². The molecular weight excluding hydrogens is 828 g/mol. The summed E-state index contributed by atoms with van der Waals surface area (Å²) in [5, 5.41) is 1.51. The molecule has 0 saturated carbocycles. The minimum absolute atomic E-state index is 0.0102. The van der Waals surface area contributed by atoms with Crippen molar-refractivity contribution in [1.29, 1.82) is 0 Å². The van der Waals surface area contributed by atoms with Crippen LogP contribution >= 0.6 is 0 Å². The third kappa shape index (κ3) is 19.3. The first kappa shape index (κ1) is 50.2. The van der Waals surface area contributed by atoms with Gasteiger partial charge in [-0.1, -0.05) is 0 Å². The molecule has 0 aromatic carbocycles. The topological polar surface area (TPSA) is 254 Å². The van der Waals surface area contributed by atoms with Crippen LogP contribution in [0.2, 0.25) is 0 Å². The van der Waals surface area contributed by atoms with E-state index in [0.29, 0.717) is 77.1 Å². The van der Waals surface area contributed by atoms with Crippen LogP contribution in [0.5, 0.6) is 0 Å². The number of rotatable bonds is 36. The Labute approximate surface area is 358 Å². The number of nitrogens with zero attached hydrogens (tertiary/aromatic N) is 4. The summed E-state index contributed by atoms with van der Waals surface area (Å²) in [4.78, 5) is 108. The van der Waals surface area contributed by atoms with E-state index >= 15 is 0 Å². The predicted octanol–water partition coefficient (Wildman–Crippen LogP) is -1.15. The number of ether oxygens (including phenoxy) is 9. The largest absolute Gasteiger partial charge is 0.378 e. The zero-order chi connectivity index (χ0) is 44.4. The van der Waals surface area contributed by atoms with Crippen molar-refractivity contribution in [3.63, 3.8) is 0 Å². The fraction of sp³-hybridized carbons (Fsp3) is 0.744. The molecule has 23 heteroatoms. The van der Waals surface area contributed by atoms with E-state index in [1.54, 1.807) is 4.90 Å². The zero-order valence-electron chi connectivity index (χ0n) is 34.9. The summed E-state index contributed by atoms with van der Waals surface area (Å²) in [7, 11) is 0. The molecule has 0 spiro atoms. The van der Waals surface area contributed by atoms with Crippen molar-refractivity contribution in [3.05, 3.63) is 12.2 Å². The molecule has 62 heavy (non-hydrogen) atoms. The molecule has 2 atom stereocenters. The zero-order valence-corrected chi connectivity index (χ0v) is 34.9. The number of epoxide rings is 1. The first-order chi connectivity index (χ1) is 30.1. The smallest absolute Gasteiger partial charge is 0.335 e. The van der Waals surface area contributed by atoms with Crippen LogP contribution in [0.1, 0.15) is 51.4 Å². The second-order valence-electron chi connectivity index (χ2n) is 13.9. The first-order valence-electron chi connectivity index (χ1n) is 20.8. The van der Waals surface area contributed by atoms with Crippen molar-refractivity contribution < 1.29 is 90.7 Å². The molecule has 3 fully saturated rings. The molecule has 0 N–H and O–H groups in total. The van der Waals surface area contributed by atoms with Crippen LogP contribution in [0, 0.1) is 0 Å². The second-order valence-corrected chi connectivity index (χ2v) is 13.9. The van der Waals surface area contributed by atoms with E-state index < -0.39 is 41.8 Å². The minimum atomic E-state index is -0.738. The molecule has 4 aliphatic heterocycles. The number of carbonyl (C=O) groups excluding carboxylic acids is 8. The fourth-order valence-corrected chi connectivity index (χ4v) is 5.88. The lowest BCUT2D eigenvalue weighted by molar-refractivity contribution is -0.208. The third-order valence-corrected chi connectivity index (χ3v) is 9.24. The standard InChI is InChI=1S/C39H58N4O19/c44-31(2-1-11-41-32(45)5-6-33(41)46)40(12-16-54-20-24-58-28-26-56-22-18-52-14-9-37(50)61-42-34(47)7-8-35(42)48)13-17-55-21-25-59-29-27-57-23-19-53-15-10-38(51)62-43-36(49)4-3-30-39(43)60-30/h5-6,30,39H,1-4,7-29H2. The quantitative estimate of drug-likeness (QED) is 0.0409. The number of amides is 6. The molecule has 4 rings (SSSR count). The normalized spacial score (nSPS) is 18.3. The molecule has 0 aromatic heterocycles. The molecule has 3 saturated heterocycles.